The first-order chi connectivity index (χ1) is 16.5. The molecule has 1 saturated heterocycles. The summed E-state index contributed by atoms with van der Waals surface area (Å²) in [4.78, 5) is 15.2. The Morgan fingerprint density at radius 2 is 1.74 bits per heavy atom. The molecule has 1 fully saturated rings. The molecule has 2 aromatic carbocycles. The quantitative estimate of drug-likeness (QED) is 0.661. The summed E-state index contributed by atoms with van der Waals surface area (Å²) in [5.74, 6) is 1.16. The highest BCUT2D eigenvalue weighted by molar-refractivity contribution is 5.96. The van der Waals surface area contributed by atoms with Crippen LogP contribution < -0.4 is 10.1 Å². The average Bonchev–Trinajstić information content (AvgIpc) is 2.86. The van der Waals surface area contributed by atoms with Gasteiger partial charge in [-0.2, -0.15) is 0 Å². The number of nitrogens with zero attached hydrogens (tertiary/aromatic N) is 1. The number of fused-ring (bicyclic) bond motifs is 1. The first kappa shape index (κ1) is 24.7. The number of rotatable bonds is 3. The van der Waals surface area contributed by atoms with E-state index in [1.165, 1.54) is 11.1 Å². The lowest BCUT2D eigenvalue weighted by Crippen LogP contribution is -2.43. The average molecular weight is 465 g/mol. The van der Waals surface area contributed by atoms with Crippen molar-refractivity contribution in [1.29, 1.82) is 0 Å². The highest BCUT2D eigenvalue weighted by atomic mass is 16.5. The maximum atomic E-state index is 12.7. The highest BCUT2D eigenvalue weighted by Gasteiger charge is 2.35. The van der Waals surface area contributed by atoms with Crippen LogP contribution in [0.15, 0.2) is 48.5 Å². The molecule has 0 aliphatic carbocycles. The first-order valence-corrected chi connectivity index (χ1v) is 12.9. The van der Waals surface area contributed by atoms with Crippen LogP contribution in [0.5, 0.6) is 5.75 Å². The molecular formula is C29H40N2O3. The number of nitrogens with one attached hydrogen (secondary N) is 1. The standard InChI is InChI=1S/C29H40N2O3/c1-23(2)25-11-9-24(10-12-25)21-31-17-14-29(15-18-31)13-5-6-19-33-20-16-30-28(32)26-7-3-4-8-27(26)34-22-29/h3-4,7-12,23H,5-6,13-22H2,1-2H3,(H,30,32). The largest absolute Gasteiger partial charge is 0.492 e. The van der Waals surface area contributed by atoms with Crippen molar-refractivity contribution in [2.24, 2.45) is 5.41 Å². The predicted molar refractivity (Wildman–Crippen MR) is 136 cm³/mol. The van der Waals surface area contributed by atoms with Crippen molar-refractivity contribution in [3.63, 3.8) is 0 Å². The van der Waals surface area contributed by atoms with Crippen molar-refractivity contribution < 1.29 is 14.3 Å². The van der Waals surface area contributed by atoms with Gasteiger partial charge in [0.1, 0.15) is 5.75 Å². The summed E-state index contributed by atoms with van der Waals surface area (Å²) >= 11 is 0. The first-order valence-electron chi connectivity index (χ1n) is 12.9. The number of benzene rings is 2. The molecular weight excluding hydrogens is 424 g/mol. The fraction of sp³-hybridized carbons (Fsp3) is 0.552. The van der Waals surface area contributed by atoms with Crippen LogP contribution in [0.2, 0.25) is 0 Å². The van der Waals surface area contributed by atoms with Crippen LogP contribution in [-0.2, 0) is 11.3 Å². The fourth-order valence-corrected chi connectivity index (χ4v) is 5.07. The van der Waals surface area contributed by atoms with Gasteiger partial charge >= 0.3 is 0 Å². The van der Waals surface area contributed by atoms with Crippen molar-refractivity contribution in [1.82, 2.24) is 10.2 Å². The molecule has 184 valence electrons. The van der Waals surface area contributed by atoms with Crippen LogP contribution in [0, 0.1) is 5.41 Å². The molecule has 34 heavy (non-hydrogen) atoms. The smallest absolute Gasteiger partial charge is 0.255 e. The second-order valence-electron chi connectivity index (χ2n) is 10.3. The number of hydrogen-bond acceptors (Lipinski definition) is 4. The Labute approximate surface area is 204 Å². The van der Waals surface area contributed by atoms with Crippen LogP contribution in [0.3, 0.4) is 0 Å². The van der Waals surface area contributed by atoms with E-state index in [1.54, 1.807) is 0 Å². The van der Waals surface area contributed by atoms with Crippen LogP contribution in [0.1, 0.15) is 73.4 Å². The third kappa shape index (κ3) is 6.61. The van der Waals surface area contributed by atoms with Gasteiger partial charge in [0, 0.05) is 25.1 Å². The van der Waals surface area contributed by atoms with Gasteiger partial charge in [-0.25, -0.2) is 0 Å². The zero-order valence-electron chi connectivity index (χ0n) is 20.9. The van der Waals surface area contributed by atoms with Gasteiger partial charge in [-0.15, -0.1) is 0 Å². The molecule has 5 heteroatoms. The normalized spacial score (nSPS) is 20.3. The van der Waals surface area contributed by atoms with E-state index in [-0.39, 0.29) is 11.3 Å². The lowest BCUT2D eigenvalue weighted by atomic mass is 9.75. The molecule has 2 aliphatic rings. The van der Waals surface area contributed by atoms with Gasteiger partial charge in [0.15, 0.2) is 0 Å². The predicted octanol–water partition coefficient (Wildman–Crippen LogP) is 5.40. The van der Waals surface area contributed by atoms with Crippen molar-refractivity contribution in [3.05, 3.63) is 65.2 Å². The molecule has 0 atom stereocenters. The minimum atomic E-state index is -0.0939. The van der Waals surface area contributed by atoms with Crippen molar-refractivity contribution >= 4 is 5.91 Å². The minimum Gasteiger partial charge on any atom is -0.492 e. The summed E-state index contributed by atoms with van der Waals surface area (Å²) < 4.78 is 12.1. The number of para-hydroxylation sites is 1. The van der Waals surface area contributed by atoms with E-state index in [9.17, 15) is 4.79 Å². The second-order valence-corrected chi connectivity index (χ2v) is 10.3. The molecule has 0 aromatic heterocycles. The Morgan fingerprint density at radius 3 is 2.50 bits per heavy atom. The number of piperidine rings is 1. The molecule has 1 spiro atoms. The van der Waals surface area contributed by atoms with Gasteiger partial charge < -0.3 is 14.8 Å². The Kier molecular flexibility index (Phi) is 8.63. The third-order valence-electron chi connectivity index (χ3n) is 7.41. The molecule has 0 bridgehead atoms. The molecule has 2 heterocycles. The van der Waals surface area contributed by atoms with E-state index >= 15 is 0 Å². The van der Waals surface area contributed by atoms with Gasteiger partial charge in [-0.1, -0.05) is 56.7 Å². The Bertz CT molecular complexity index is 917. The Morgan fingerprint density at radius 1 is 0.971 bits per heavy atom. The fourth-order valence-electron chi connectivity index (χ4n) is 5.07. The summed E-state index contributed by atoms with van der Waals surface area (Å²) in [6.07, 6.45) is 5.58. The number of ether oxygens (including phenoxy) is 2. The summed E-state index contributed by atoms with van der Waals surface area (Å²) in [6, 6.07) is 16.7. The number of likely N-dealkylation sites (tertiary alicyclic amines) is 1. The van der Waals surface area contributed by atoms with Crippen molar-refractivity contribution in [2.75, 3.05) is 39.5 Å². The molecule has 2 aliphatic heterocycles. The molecule has 5 nitrogen and oxygen atoms in total. The monoisotopic (exact) mass is 464 g/mol. The van der Waals surface area contributed by atoms with E-state index in [0.29, 0.717) is 37.0 Å². The van der Waals surface area contributed by atoms with Crippen LogP contribution in [0.4, 0.5) is 0 Å². The maximum Gasteiger partial charge on any atom is 0.255 e. The SMILES string of the molecule is CC(C)c1ccc(CN2CCC3(CCCCOCCNC(=O)c4ccccc4OC3)CC2)cc1. The van der Waals surface area contributed by atoms with Gasteiger partial charge in [0.2, 0.25) is 0 Å². The summed E-state index contributed by atoms with van der Waals surface area (Å²) in [7, 11) is 0. The van der Waals surface area contributed by atoms with Crippen molar-refractivity contribution in [2.45, 2.75) is 58.4 Å². The van der Waals surface area contributed by atoms with E-state index in [0.717, 1.165) is 58.3 Å². The van der Waals surface area contributed by atoms with Gasteiger partial charge in [-0.3, -0.25) is 9.69 Å². The van der Waals surface area contributed by atoms with Gasteiger partial charge in [-0.05, 0) is 68.0 Å². The third-order valence-corrected chi connectivity index (χ3v) is 7.41. The summed E-state index contributed by atoms with van der Waals surface area (Å²) in [6.45, 7) is 10.1. The maximum absolute atomic E-state index is 12.7. The van der Waals surface area contributed by atoms with E-state index in [4.69, 9.17) is 9.47 Å². The summed E-state index contributed by atoms with van der Waals surface area (Å²) in [5.41, 5.74) is 3.54. The second kappa shape index (κ2) is 11.9. The minimum absolute atomic E-state index is 0.0939. The number of hydrogen-bond donors (Lipinski definition) is 1. The van der Waals surface area contributed by atoms with Crippen molar-refractivity contribution in [3.8, 4) is 5.75 Å². The van der Waals surface area contributed by atoms with Crippen LogP contribution in [-0.4, -0.2) is 50.3 Å². The lowest BCUT2D eigenvalue weighted by Gasteiger charge is -2.42. The van der Waals surface area contributed by atoms with E-state index in [1.807, 2.05) is 24.3 Å². The molecule has 2 aromatic rings. The molecule has 0 saturated carbocycles. The van der Waals surface area contributed by atoms with E-state index in [2.05, 4.69) is 48.3 Å². The zero-order chi connectivity index (χ0) is 23.8. The molecule has 1 amide bonds. The van der Waals surface area contributed by atoms with Crippen LogP contribution in [0.25, 0.3) is 0 Å². The highest BCUT2D eigenvalue weighted by Crippen LogP contribution is 2.38. The summed E-state index contributed by atoms with van der Waals surface area (Å²) in [5, 5.41) is 2.95. The Hall–Kier alpha value is -2.37. The van der Waals surface area contributed by atoms with Gasteiger partial charge in [0.25, 0.3) is 5.91 Å². The number of carbonyl (C=O) groups excluding carboxylic acids is 1. The number of carbonyl (C=O) groups is 1. The van der Waals surface area contributed by atoms with Gasteiger partial charge in [0.05, 0.1) is 18.8 Å². The molecule has 4 rings (SSSR count). The molecule has 0 unspecified atom stereocenters. The molecule has 1 N–H and O–H groups in total. The molecule has 0 radical (unpaired) electrons. The number of amides is 1. The van der Waals surface area contributed by atoms with E-state index < -0.39 is 0 Å². The topological polar surface area (TPSA) is 50.8 Å². The van der Waals surface area contributed by atoms with Crippen LogP contribution >= 0.6 is 0 Å². The lowest BCUT2D eigenvalue weighted by molar-refractivity contribution is 0.0384. The zero-order valence-corrected chi connectivity index (χ0v) is 20.9. The Balaban J connectivity index is 1.41.